The largest absolute Gasteiger partial charge is 0.508 e. The standard InChI is InChI=1S/C18H27NO2/c1-4-18(5-2)8-10-19(11-9-18)13-16-12-15(14(3)20)6-7-17(16)21/h6-7,12,21H,4-5,8-11,13H2,1-3H3. The zero-order valence-electron chi connectivity index (χ0n) is 13.5. The number of Topliss-reactive ketones (excluding diaryl/α,β-unsaturated/α-hetero) is 1. The first-order valence-electron chi connectivity index (χ1n) is 8.05. The van der Waals surface area contributed by atoms with Crippen LogP contribution in [0.1, 0.15) is 62.4 Å². The fraction of sp³-hybridized carbons (Fsp3) is 0.611. The van der Waals surface area contributed by atoms with Crippen molar-refractivity contribution >= 4 is 5.78 Å². The van der Waals surface area contributed by atoms with Crippen molar-refractivity contribution in [2.24, 2.45) is 5.41 Å². The topological polar surface area (TPSA) is 40.5 Å². The molecule has 3 heteroatoms. The third kappa shape index (κ3) is 3.65. The first kappa shape index (κ1) is 16.0. The predicted molar refractivity (Wildman–Crippen MR) is 85.6 cm³/mol. The quantitative estimate of drug-likeness (QED) is 0.833. The molecule has 0 bridgehead atoms. The number of phenolic OH excluding ortho intramolecular Hbond substituents is 1. The third-order valence-electron chi connectivity index (χ3n) is 5.30. The minimum absolute atomic E-state index is 0.0471. The summed E-state index contributed by atoms with van der Waals surface area (Å²) in [5.74, 6) is 0.341. The molecule has 116 valence electrons. The Kier molecular flexibility index (Phi) is 5.04. The lowest BCUT2D eigenvalue weighted by atomic mass is 9.74. The Morgan fingerprint density at radius 3 is 2.38 bits per heavy atom. The Hall–Kier alpha value is -1.35. The molecule has 1 fully saturated rings. The van der Waals surface area contributed by atoms with Crippen LogP contribution in [0.3, 0.4) is 0 Å². The van der Waals surface area contributed by atoms with Crippen molar-refractivity contribution in [2.75, 3.05) is 13.1 Å². The number of benzene rings is 1. The lowest BCUT2D eigenvalue weighted by Gasteiger charge is -2.41. The van der Waals surface area contributed by atoms with E-state index in [2.05, 4.69) is 18.7 Å². The molecule has 2 rings (SSSR count). The zero-order valence-corrected chi connectivity index (χ0v) is 13.5. The molecule has 0 aliphatic carbocycles. The highest BCUT2D eigenvalue weighted by Gasteiger charge is 2.31. The minimum atomic E-state index is 0.0471. The molecule has 0 saturated carbocycles. The SMILES string of the molecule is CCC1(CC)CCN(Cc2cc(C(C)=O)ccc2O)CC1. The molecule has 0 unspecified atom stereocenters. The van der Waals surface area contributed by atoms with Gasteiger partial charge in [0.25, 0.3) is 0 Å². The van der Waals surface area contributed by atoms with Crippen LogP contribution in [0.2, 0.25) is 0 Å². The third-order valence-corrected chi connectivity index (χ3v) is 5.30. The van der Waals surface area contributed by atoms with Crippen molar-refractivity contribution < 1.29 is 9.90 Å². The van der Waals surface area contributed by atoms with Crippen molar-refractivity contribution in [1.82, 2.24) is 4.90 Å². The fourth-order valence-corrected chi connectivity index (χ4v) is 3.31. The maximum absolute atomic E-state index is 11.5. The van der Waals surface area contributed by atoms with E-state index in [0.717, 1.165) is 25.2 Å². The van der Waals surface area contributed by atoms with Gasteiger partial charge in [-0.15, -0.1) is 0 Å². The molecule has 0 atom stereocenters. The number of rotatable bonds is 5. The van der Waals surface area contributed by atoms with Gasteiger partial charge in [0, 0.05) is 17.7 Å². The van der Waals surface area contributed by atoms with Gasteiger partial charge in [-0.1, -0.05) is 26.7 Å². The molecule has 21 heavy (non-hydrogen) atoms. The maximum atomic E-state index is 11.5. The summed E-state index contributed by atoms with van der Waals surface area (Å²) >= 11 is 0. The molecule has 1 aliphatic rings. The van der Waals surface area contributed by atoms with E-state index in [1.54, 1.807) is 19.1 Å². The summed E-state index contributed by atoms with van der Waals surface area (Å²) < 4.78 is 0. The number of ketones is 1. The second kappa shape index (κ2) is 6.61. The van der Waals surface area contributed by atoms with Crippen molar-refractivity contribution in [3.8, 4) is 5.75 Å². The van der Waals surface area contributed by atoms with Gasteiger partial charge in [-0.25, -0.2) is 0 Å². The smallest absolute Gasteiger partial charge is 0.159 e. The number of hydrogen-bond donors (Lipinski definition) is 1. The number of carbonyl (C=O) groups is 1. The molecule has 3 nitrogen and oxygen atoms in total. The second-order valence-electron chi connectivity index (χ2n) is 6.38. The van der Waals surface area contributed by atoms with E-state index in [9.17, 15) is 9.90 Å². The molecule has 1 heterocycles. The van der Waals surface area contributed by atoms with Gasteiger partial charge < -0.3 is 5.11 Å². The molecular weight excluding hydrogens is 262 g/mol. The summed E-state index contributed by atoms with van der Waals surface area (Å²) in [6, 6.07) is 5.16. The van der Waals surface area contributed by atoms with E-state index in [1.807, 2.05) is 6.07 Å². The Balaban J connectivity index is 2.03. The maximum Gasteiger partial charge on any atom is 0.159 e. The summed E-state index contributed by atoms with van der Waals surface area (Å²) in [5, 5.41) is 10.0. The number of phenols is 1. The van der Waals surface area contributed by atoms with Gasteiger partial charge in [0.2, 0.25) is 0 Å². The van der Waals surface area contributed by atoms with Crippen LogP contribution in [-0.4, -0.2) is 28.9 Å². The monoisotopic (exact) mass is 289 g/mol. The second-order valence-corrected chi connectivity index (χ2v) is 6.38. The van der Waals surface area contributed by atoms with Gasteiger partial charge in [0.05, 0.1) is 0 Å². The van der Waals surface area contributed by atoms with Gasteiger partial charge in [-0.2, -0.15) is 0 Å². The van der Waals surface area contributed by atoms with E-state index in [4.69, 9.17) is 0 Å². The zero-order chi connectivity index (χ0) is 15.5. The summed E-state index contributed by atoms with van der Waals surface area (Å²) in [6.45, 7) is 9.03. The Morgan fingerprint density at radius 2 is 1.86 bits per heavy atom. The fourth-order valence-electron chi connectivity index (χ4n) is 3.31. The Bertz CT molecular complexity index is 496. The Labute approximate surface area is 128 Å². The van der Waals surface area contributed by atoms with Crippen LogP contribution < -0.4 is 0 Å². The molecule has 0 amide bonds. The minimum Gasteiger partial charge on any atom is -0.508 e. The highest BCUT2D eigenvalue weighted by Crippen LogP contribution is 2.38. The molecule has 1 aliphatic heterocycles. The van der Waals surface area contributed by atoms with E-state index < -0.39 is 0 Å². The van der Waals surface area contributed by atoms with Crippen molar-refractivity contribution in [3.63, 3.8) is 0 Å². The first-order chi connectivity index (χ1) is 9.99. The number of hydrogen-bond acceptors (Lipinski definition) is 3. The first-order valence-corrected chi connectivity index (χ1v) is 8.05. The number of carbonyl (C=O) groups excluding carboxylic acids is 1. The molecule has 1 saturated heterocycles. The van der Waals surface area contributed by atoms with Crippen LogP contribution in [0, 0.1) is 5.41 Å². The summed E-state index contributed by atoms with van der Waals surface area (Å²) in [4.78, 5) is 13.9. The van der Waals surface area contributed by atoms with Gasteiger partial charge >= 0.3 is 0 Å². The van der Waals surface area contributed by atoms with Gasteiger partial charge in [-0.3, -0.25) is 9.69 Å². The molecule has 1 N–H and O–H groups in total. The summed E-state index contributed by atoms with van der Waals surface area (Å²) in [5.41, 5.74) is 2.05. The normalized spacial score (nSPS) is 18.6. The van der Waals surface area contributed by atoms with Gasteiger partial charge in [-0.05, 0) is 56.5 Å². The van der Waals surface area contributed by atoms with Crippen LogP contribution in [0.5, 0.6) is 5.75 Å². The number of aromatic hydroxyl groups is 1. The lowest BCUT2D eigenvalue weighted by molar-refractivity contribution is 0.0903. The molecular formula is C18H27NO2. The number of likely N-dealkylation sites (tertiary alicyclic amines) is 1. The van der Waals surface area contributed by atoms with E-state index in [0.29, 0.717) is 16.7 Å². The predicted octanol–water partition coefficient (Wildman–Crippen LogP) is 4.00. The van der Waals surface area contributed by atoms with Crippen molar-refractivity contribution in [2.45, 2.75) is 53.0 Å². The van der Waals surface area contributed by atoms with E-state index >= 15 is 0 Å². The van der Waals surface area contributed by atoms with Crippen LogP contribution >= 0.6 is 0 Å². The highest BCUT2D eigenvalue weighted by molar-refractivity contribution is 5.94. The average Bonchev–Trinajstić information content (AvgIpc) is 2.50. The Morgan fingerprint density at radius 1 is 1.24 bits per heavy atom. The molecule has 1 aromatic carbocycles. The van der Waals surface area contributed by atoms with E-state index in [-0.39, 0.29) is 5.78 Å². The van der Waals surface area contributed by atoms with E-state index in [1.165, 1.54) is 25.7 Å². The molecule has 1 aromatic rings. The van der Waals surface area contributed by atoms with Gasteiger partial charge in [0.1, 0.15) is 5.75 Å². The van der Waals surface area contributed by atoms with Crippen LogP contribution in [0.15, 0.2) is 18.2 Å². The number of nitrogens with zero attached hydrogens (tertiary/aromatic N) is 1. The molecule has 0 radical (unpaired) electrons. The average molecular weight is 289 g/mol. The summed E-state index contributed by atoms with van der Waals surface area (Å²) in [6.07, 6.45) is 4.96. The summed E-state index contributed by atoms with van der Waals surface area (Å²) in [7, 11) is 0. The van der Waals surface area contributed by atoms with Crippen molar-refractivity contribution in [1.29, 1.82) is 0 Å². The number of piperidine rings is 1. The highest BCUT2D eigenvalue weighted by atomic mass is 16.3. The van der Waals surface area contributed by atoms with Crippen molar-refractivity contribution in [3.05, 3.63) is 29.3 Å². The van der Waals surface area contributed by atoms with Crippen LogP contribution in [0.4, 0.5) is 0 Å². The molecule has 0 aromatic heterocycles. The van der Waals surface area contributed by atoms with Gasteiger partial charge in [0.15, 0.2) is 5.78 Å². The molecule has 0 spiro atoms. The van der Waals surface area contributed by atoms with Crippen LogP contribution in [-0.2, 0) is 6.54 Å². The van der Waals surface area contributed by atoms with Crippen LogP contribution in [0.25, 0.3) is 0 Å². The lowest BCUT2D eigenvalue weighted by Crippen LogP contribution is -2.39.